The van der Waals surface area contributed by atoms with Crippen LogP contribution in [0.5, 0.6) is 23.0 Å². The summed E-state index contributed by atoms with van der Waals surface area (Å²) < 4.78 is 15.6. The van der Waals surface area contributed by atoms with Gasteiger partial charge >= 0.3 is 5.97 Å². The molecule has 3 rings (SSSR count). The average molecular weight is 314 g/mol. The Morgan fingerprint density at radius 1 is 1.17 bits per heavy atom. The minimum Gasteiger partial charge on any atom is -0.508 e. The Morgan fingerprint density at radius 2 is 2.00 bits per heavy atom. The number of benzene rings is 2. The molecule has 118 valence electrons. The molecule has 0 saturated carbocycles. The van der Waals surface area contributed by atoms with Crippen molar-refractivity contribution in [3.05, 3.63) is 53.6 Å². The zero-order valence-electron chi connectivity index (χ0n) is 12.1. The minimum absolute atomic E-state index is 0.00702. The Balaban J connectivity index is 1.67. The molecule has 0 fully saturated rings. The molecule has 1 aliphatic heterocycles. The van der Waals surface area contributed by atoms with Crippen molar-refractivity contribution < 1.29 is 29.2 Å². The second kappa shape index (κ2) is 6.41. The molecule has 2 N–H and O–H groups in total. The predicted octanol–water partition coefficient (Wildman–Crippen LogP) is 2.23. The highest BCUT2D eigenvalue weighted by atomic mass is 16.7. The van der Waals surface area contributed by atoms with Crippen molar-refractivity contribution in [1.29, 1.82) is 0 Å². The Hall–Kier alpha value is -2.99. The van der Waals surface area contributed by atoms with Gasteiger partial charge in [-0.25, -0.2) is 4.79 Å². The van der Waals surface area contributed by atoms with E-state index in [9.17, 15) is 9.90 Å². The summed E-state index contributed by atoms with van der Waals surface area (Å²) in [5.41, 5.74) is 1.05. The number of fused-ring (bicyclic) bond motifs is 1. The lowest BCUT2D eigenvalue weighted by Gasteiger charge is -2.03. The molecule has 0 unspecified atom stereocenters. The first-order valence-corrected chi connectivity index (χ1v) is 6.88. The fraction of sp³-hybridized carbons (Fsp3) is 0.118. The molecule has 0 radical (unpaired) electrons. The molecule has 6 nitrogen and oxygen atoms in total. The van der Waals surface area contributed by atoms with Crippen molar-refractivity contribution in [2.24, 2.45) is 0 Å². The number of ether oxygens (including phenoxy) is 3. The van der Waals surface area contributed by atoms with Gasteiger partial charge in [0.15, 0.2) is 11.5 Å². The van der Waals surface area contributed by atoms with Gasteiger partial charge in [0, 0.05) is 17.7 Å². The van der Waals surface area contributed by atoms with E-state index in [-0.39, 0.29) is 19.1 Å². The lowest BCUT2D eigenvalue weighted by Crippen LogP contribution is -2.03. The summed E-state index contributed by atoms with van der Waals surface area (Å²) in [5, 5.41) is 18.6. The van der Waals surface area contributed by atoms with Gasteiger partial charge in [-0.3, -0.25) is 0 Å². The Labute approximate surface area is 132 Å². The van der Waals surface area contributed by atoms with Crippen molar-refractivity contribution in [2.45, 2.75) is 6.61 Å². The Bertz CT molecular complexity index is 766. The molecule has 0 aromatic heterocycles. The number of aromatic hydroxyl groups is 1. The van der Waals surface area contributed by atoms with E-state index in [0.717, 1.165) is 0 Å². The van der Waals surface area contributed by atoms with Crippen LogP contribution < -0.4 is 14.2 Å². The first-order chi connectivity index (χ1) is 11.2. The number of esters is 1. The number of hydrogen-bond acceptors (Lipinski definition) is 6. The van der Waals surface area contributed by atoms with Gasteiger partial charge in [0.1, 0.15) is 11.5 Å². The average Bonchev–Trinajstić information content (AvgIpc) is 3.01. The number of phenols is 1. The molecule has 0 bridgehead atoms. The SMILES string of the molecule is O=C(C=Cc1ccc(O)c(CO)c1)Oc1ccc2c(c1)OCO2. The van der Waals surface area contributed by atoms with Gasteiger partial charge in [-0.05, 0) is 35.9 Å². The summed E-state index contributed by atoms with van der Waals surface area (Å²) >= 11 is 0. The molecule has 0 amide bonds. The van der Waals surface area contributed by atoms with Crippen LogP contribution in [-0.4, -0.2) is 23.0 Å². The number of rotatable bonds is 4. The normalized spacial score (nSPS) is 12.6. The summed E-state index contributed by atoms with van der Waals surface area (Å²) in [5.74, 6) is 0.951. The number of hydrogen-bond donors (Lipinski definition) is 2. The van der Waals surface area contributed by atoms with E-state index in [1.54, 1.807) is 30.3 Å². The third-order valence-corrected chi connectivity index (χ3v) is 3.25. The van der Waals surface area contributed by atoms with E-state index < -0.39 is 5.97 Å². The molecule has 0 spiro atoms. The van der Waals surface area contributed by atoms with Gasteiger partial charge in [-0.15, -0.1) is 0 Å². The second-order valence-electron chi connectivity index (χ2n) is 4.82. The summed E-state index contributed by atoms with van der Waals surface area (Å²) in [6.45, 7) is -0.129. The van der Waals surface area contributed by atoms with Crippen LogP contribution in [-0.2, 0) is 11.4 Å². The van der Waals surface area contributed by atoms with E-state index >= 15 is 0 Å². The van der Waals surface area contributed by atoms with Crippen molar-refractivity contribution in [3.63, 3.8) is 0 Å². The number of aliphatic hydroxyl groups is 1. The maximum Gasteiger partial charge on any atom is 0.336 e. The van der Waals surface area contributed by atoms with Crippen molar-refractivity contribution in [1.82, 2.24) is 0 Å². The van der Waals surface area contributed by atoms with Crippen molar-refractivity contribution >= 4 is 12.0 Å². The van der Waals surface area contributed by atoms with Crippen LogP contribution in [0.25, 0.3) is 6.08 Å². The maximum atomic E-state index is 11.8. The van der Waals surface area contributed by atoms with Crippen LogP contribution in [0.1, 0.15) is 11.1 Å². The molecule has 6 heteroatoms. The third-order valence-electron chi connectivity index (χ3n) is 3.25. The van der Waals surface area contributed by atoms with Crippen LogP contribution in [0.4, 0.5) is 0 Å². The lowest BCUT2D eigenvalue weighted by molar-refractivity contribution is -0.128. The third kappa shape index (κ3) is 3.44. The fourth-order valence-corrected chi connectivity index (χ4v) is 2.09. The summed E-state index contributed by atoms with van der Waals surface area (Å²) in [6.07, 6.45) is 2.80. The van der Waals surface area contributed by atoms with Crippen molar-refractivity contribution in [2.75, 3.05) is 6.79 Å². The molecule has 2 aromatic rings. The summed E-state index contributed by atoms with van der Waals surface area (Å²) in [4.78, 5) is 11.8. The topological polar surface area (TPSA) is 85.2 Å². The van der Waals surface area contributed by atoms with Gasteiger partial charge in [0.05, 0.1) is 6.61 Å². The first kappa shape index (κ1) is 14.9. The standard InChI is InChI=1S/C17H14O6/c18-9-12-7-11(1-4-14(12)19)2-6-17(20)23-13-3-5-15-16(8-13)22-10-21-15/h1-8,18-19H,9-10H2. The molecule has 0 aliphatic carbocycles. The minimum atomic E-state index is -0.553. The van der Waals surface area contributed by atoms with E-state index in [1.165, 1.54) is 18.2 Å². The Kier molecular flexibility index (Phi) is 4.16. The number of carbonyl (C=O) groups is 1. The van der Waals surface area contributed by atoms with Gasteiger partial charge in [-0.1, -0.05) is 6.07 Å². The Morgan fingerprint density at radius 3 is 2.83 bits per heavy atom. The summed E-state index contributed by atoms with van der Waals surface area (Å²) in [6, 6.07) is 9.53. The molecule has 1 aliphatic rings. The maximum absolute atomic E-state index is 11.8. The molecule has 1 heterocycles. The highest BCUT2D eigenvalue weighted by Gasteiger charge is 2.14. The molecular weight excluding hydrogens is 300 g/mol. The van der Waals surface area contributed by atoms with Crippen LogP contribution in [0.3, 0.4) is 0 Å². The van der Waals surface area contributed by atoms with E-state index in [4.69, 9.17) is 19.3 Å². The van der Waals surface area contributed by atoms with Crippen LogP contribution in [0.2, 0.25) is 0 Å². The highest BCUT2D eigenvalue weighted by molar-refractivity contribution is 5.88. The van der Waals surface area contributed by atoms with E-state index in [1.807, 2.05) is 0 Å². The van der Waals surface area contributed by atoms with Crippen LogP contribution in [0, 0.1) is 0 Å². The van der Waals surface area contributed by atoms with E-state index in [0.29, 0.717) is 28.4 Å². The molecular formula is C17H14O6. The molecule has 0 atom stereocenters. The zero-order chi connectivity index (χ0) is 16.2. The number of carbonyl (C=O) groups excluding carboxylic acids is 1. The molecule has 2 aromatic carbocycles. The molecule has 0 saturated heterocycles. The second-order valence-corrected chi connectivity index (χ2v) is 4.82. The quantitative estimate of drug-likeness (QED) is 0.511. The smallest absolute Gasteiger partial charge is 0.336 e. The number of aliphatic hydroxyl groups excluding tert-OH is 1. The van der Waals surface area contributed by atoms with E-state index in [2.05, 4.69) is 0 Å². The zero-order valence-corrected chi connectivity index (χ0v) is 12.1. The molecule has 23 heavy (non-hydrogen) atoms. The highest BCUT2D eigenvalue weighted by Crippen LogP contribution is 2.35. The largest absolute Gasteiger partial charge is 0.508 e. The van der Waals surface area contributed by atoms with Gasteiger partial charge in [-0.2, -0.15) is 0 Å². The monoisotopic (exact) mass is 314 g/mol. The predicted molar refractivity (Wildman–Crippen MR) is 81.3 cm³/mol. The van der Waals surface area contributed by atoms with Crippen LogP contribution >= 0.6 is 0 Å². The van der Waals surface area contributed by atoms with Gasteiger partial charge < -0.3 is 24.4 Å². The van der Waals surface area contributed by atoms with Gasteiger partial charge in [0.25, 0.3) is 0 Å². The lowest BCUT2D eigenvalue weighted by atomic mass is 10.1. The van der Waals surface area contributed by atoms with Crippen molar-refractivity contribution in [3.8, 4) is 23.0 Å². The fourth-order valence-electron chi connectivity index (χ4n) is 2.09. The first-order valence-electron chi connectivity index (χ1n) is 6.88. The van der Waals surface area contributed by atoms with Crippen LogP contribution in [0.15, 0.2) is 42.5 Å². The summed E-state index contributed by atoms with van der Waals surface area (Å²) in [7, 11) is 0. The van der Waals surface area contributed by atoms with Gasteiger partial charge in [0.2, 0.25) is 6.79 Å².